The second kappa shape index (κ2) is 6.02. The SMILES string of the molecule is COCC(C)N(C)c1cc(Br)ccc1C(=N)N. The molecule has 0 saturated carbocycles. The third-order valence-corrected chi connectivity index (χ3v) is 3.19. The summed E-state index contributed by atoms with van der Waals surface area (Å²) in [5.74, 6) is 0.0731. The van der Waals surface area contributed by atoms with Crippen LogP contribution in [0.4, 0.5) is 5.69 Å². The van der Waals surface area contributed by atoms with Gasteiger partial charge < -0.3 is 15.4 Å². The van der Waals surface area contributed by atoms with Gasteiger partial charge in [0.2, 0.25) is 0 Å². The van der Waals surface area contributed by atoms with E-state index in [-0.39, 0.29) is 11.9 Å². The zero-order valence-electron chi connectivity index (χ0n) is 10.3. The molecule has 94 valence electrons. The van der Waals surface area contributed by atoms with E-state index in [1.165, 1.54) is 0 Å². The van der Waals surface area contributed by atoms with Gasteiger partial charge in [-0.15, -0.1) is 0 Å². The van der Waals surface area contributed by atoms with Crippen LogP contribution in [0, 0.1) is 5.41 Å². The first-order valence-corrected chi connectivity index (χ1v) is 6.12. The molecule has 0 amide bonds. The highest BCUT2D eigenvalue weighted by Gasteiger charge is 2.15. The van der Waals surface area contributed by atoms with Crippen LogP contribution in [0.3, 0.4) is 0 Å². The van der Waals surface area contributed by atoms with E-state index < -0.39 is 0 Å². The van der Waals surface area contributed by atoms with Gasteiger partial charge in [0, 0.05) is 35.9 Å². The molecule has 3 N–H and O–H groups in total. The predicted octanol–water partition coefficient (Wildman–Crippen LogP) is 2.20. The summed E-state index contributed by atoms with van der Waals surface area (Å²) in [6.45, 7) is 2.69. The van der Waals surface area contributed by atoms with Gasteiger partial charge in [0.05, 0.1) is 6.61 Å². The molecule has 0 radical (unpaired) electrons. The van der Waals surface area contributed by atoms with Crippen molar-refractivity contribution in [2.24, 2.45) is 5.73 Å². The van der Waals surface area contributed by atoms with Crippen LogP contribution in [-0.2, 0) is 4.74 Å². The fraction of sp³-hybridized carbons (Fsp3) is 0.417. The zero-order valence-corrected chi connectivity index (χ0v) is 11.9. The van der Waals surface area contributed by atoms with Crippen molar-refractivity contribution >= 4 is 27.5 Å². The van der Waals surface area contributed by atoms with Gasteiger partial charge in [-0.2, -0.15) is 0 Å². The second-order valence-corrected chi connectivity index (χ2v) is 4.91. The molecular weight excluding hydrogens is 282 g/mol. The van der Waals surface area contributed by atoms with Crippen LogP contribution < -0.4 is 10.6 Å². The fourth-order valence-electron chi connectivity index (χ4n) is 1.61. The number of nitrogen functional groups attached to an aromatic ring is 1. The van der Waals surface area contributed by atoms with Crippen LogP contribution in [0.5, 0.6) is 0 Å². The number of nitrogens with zero attached hydrogens (tertiary/aromatic N) is 1. The molecule has 4 nitrogen and oxygen atoms in total. The van der Waals surface area contributed by atoms with Gasteiger partial charge in [0.15, 0.2) is 0 Å². The van der Waals surface area contributed by atoms with Gasteiger partial charge in [-0.05, 0) is 25.1 Å². The quantitative estimate of drug-likeness (QED) is 0.647. The largest absolute Gasteiger partial charge is 0.384 e. The molecule has 17 heavy (non-hydrogen) atoms. The molecule has 1 atom stereocenters. The van der Waals surface area contributed by atoms with Crippen molar-refractivity contribution in [1.82, 2.24) is 0 Å². The molecule has 0 aliphatic carbocycles. The van der Waals surface area contributed by atoms with Crippen LogP contribution in [0.25, 0.3) is 0 Å². The molecule has 1 rings (SSSR count). The summed E-state index contributed by atoms with van der Waals surface area (Å²) in [6.07, 6.45) is 0. The minimum Gasteiger partial charge on any atom is -0.384 e. The Hall–Kier alpha value is -1.07. The number of hydrogen-bond acceptors (Lipinski definition) is 3. The molecule has 0 fully saturated rings. The van der Waals surface area contributed by atoms with Gasteiger partial charge in [-0.25, -0.2) is 0 Å². The highest BCUT2D eigenvalue weighted by atomic mass is 79.9. The Morgan fingerprint density at radius 3 is 2.76 bits per heavy atom. The number of hydrogen-bond donors (Lipinski definition) is 2. The summed E-state index contributed by atoms with van der Waals surface area (Å²) < 4.78 is 6.11. The van der Waals surface area contributed by atoms with E-state index in [0.717, 1.165) is 15.7 Å². The van der Waals surface area contributed by atoms with Crippen molar-refractivity contribution in [1.29, 1.82) is 5.41 Å². The third kappa shape index (κ3) is 3.44. The number of amidine groups is 1. The van der Waals surface area contributed by atoms with E-state index in [4.69, 9.17) is 15.9 Å². The average molecular weight is 300 g/mol. The Morgan fingerprint density at radius 1 is 1.59 bits per heavy atom. The molecule has 1 unspecified atom stereocenters. The smallest absolute Gasteiger partial charge is 0.124 e. The fourth-order valence-corrected chi connectivity index (χ4v) is 1.96. The van der Waals surface area contributed by atoms with Gasteiger partial charge in [-0.3, -0.25) is 5.41 Å². The van der Waals surface area contributed by atoms with Crippen molar-refractivity contribution in [2.75, 3.05) is 25.7 Å². The highest BCUT2D eigenvalue weighted by Crippen LogP contribution is 2.25. The lowest BCUT2D eigenvalue weighted by Crippen LogP contribution is -2.34. The van der Waals surface area contributed by atoms with Crippen LogP contribution in [-0.4, -0.2) is 32.6 Å². The topological polar surface area (TPSA) is 62.3 Å². The number of rotatable bonds is 5. The zero-order chi connectivity index (χ0) is 13.0. The number of halogens is 1. The maximum atomic E-state index is 7.59. The van der Waals surface area contributed by atoms with Crippen molar-refractivity contribution < 1.29 is 4.74 Å². The molecular formula is C12H18BrN3O. The number of nitrogens with two attached hydrogens (primary N) is 1. The molecule has 5 heteroatoms. The van der Waals surface area contributed by atoms with Gasteiger partial charge in [-0.1, -0.05) is 15.9 Å². The Kier molecular flexibility index (Phi) is 4.96. The van der Waals surface area contributed by atoms with Gasteiger partial charge >= 0.3 is 0 Å². The summed E-state index contributed by atoms with van der Waals surface area (Å²) >= 11 is 3.43. The van der Waals surface area contributed by atoms with E-state index in [0.29, 0.717) is 6.61 Å². The number of nitrogens with one attached hydrogen (secondary N) is 1. The van der Waals surface area contributed by atoms with E-state index >= 15 is 0 Å². The monoisotopic (exact) mass is 299 g/mol. The van der Waals surface area contributed by atoms with Crippen molar-refractivity contribution in [3.05, 3.63) is 28.2 Å². The molecule has 0 heterocycles. The molecule has 0 spiro atoms. The number of anilines is 1. The Bertz CT molecular complexity index is 409. The maximum absolute atomic E-state index is 7.59. The molecule has 0 aliphatic heterocycles. The van der Waals surface area contributed by atoms with E-state index in [1.807, 2.05) is 25.2 Å². The Labute approximate surface area is 110 Å². The first kappa shape index (κ1) is 14.0. The van der Waals surface area contributed by atoms with Crippen molar-refractivity contribution in [3.8, 4) is 0 Å². The molecule has 0 aromatic heterocycles. The van der Waals surface area contributed by atoms with E-state index in [1.54, 1.807) is 7.11 Å². The van der Waals surface area contributed by atoms with Crippen LogP contribution in [0.1, 0.15) is 12.5 Å². The highest BCUT2D eigenvalue weighted by molar-refractivity contribution is 9.10. The number of ether oxygens (including phenoxy) is 1. The normalized spacial score (nSPS) is 12.2. The summed E-state index contributed by atoms with van der Waals surface area (Å²) in [5, 5.41) is 7.59. The first-order valence-electron chi connectivity index (χ1n) is 5.33. The van der Waals surface area contributed by atoms with Crippen molar-refractivity contribution in [3.63, 3.8) is 0 Å². The van der Waals surface area contributed by atoms with Crippen LogP contribution in [0.2, 0.25) is 0 Å². The third-order valence-electron chi connectivity index (χ3n) is 2.70. The van der Waals surface area contributed by atoms with E-state index in [9.17, 15) is 0 Å². The van der Waals surface area contributed by atoms with Crippen molar-refractivity contribution in [2.45, 2.75) is 13.0 Å². The molecule has 0 aliphatic rings. The standard InChI is InChI=1S/C12H18BrN3O/c1-8(7-17-3)16(2)11-6-9(13)4-5-10(11)12(14)15/h4-6,8H,7H2,1-3H3,(H3,14,15). The molecule has 1 aromatic rings. The lowest BCUT2D eigenvalue weighted by Gasteiger charge is -2.28. The number of likely N-dealkylation sites (N-methyl/N-ethyl adjacent to an activating group) is 1. The van der Waals surface area contributed by atoms with Gasteiger partial charge in [0.1, 0.15) is 5.84 Å². The lowest BCUT2D eigenvalue weighted by molar-refractivity contribution is 0.183. The molecule has 0 saturated heterocycles. The molecule has 0 bridgehead atoms. The summed E-state index contributed by atoms with van der Waals surface area (Å²) in [7, 11) is 3.65. The Morgan fingerprint density at radius 2 is 2.24 bits per heavy atom. The summed E-state index contributed by atoms with van der Waals surface area (Å²) in [5.41, 5.74) is 7.25. The molecule has 1 aromatic carbocycles. The lowest BCUT2D eigenvalue weighted by atomic mass is 10.1. The number of benzene rings is 1. The average Bonchev–Trinajstić information content (AvgIpc) is 2.27. The summed E-state index contributed by atoms with van der Waals surface area (Å²) in [6, 6.07) is 5.91. The van der Waals surface area contributed by atoms with E-state index in [2.05, 4.69) is 27.8 Å². The maximum Gasteiger partial charge on any atom is 0.124 e. The predicted molar refractivity (Wildman–Crippen MR) is 74.9 cm³/mol. The van der Waals surface area contributed by atoms with Crippen LogP contribution >= 0.6 is 15.9 Å². The van der Waals surface area contributed by atoms with Crippen LogP contribution in [0.15, 0.2) is 22.7 Å². The minimum atomic E-state index is 0.0731. The number of methoxy groups -OCH3 is 1. The van der Waals surface area contributed by atoms with Gasteiger partial charge in [0.25, 0.3) is 0 Å². The second-order valence-electron chi connectivity index (χ2n) is 3.99. The summed E-state index contributed by atoms with van der Waals surface area (Å²) in [4.78, 5) is 2.06. The minimum absolute atomic E-state index is 0.0731. The first-order chi connectivity index (χ1) is 7.97. The Balaban J connectivity index is 3.10.